The predicted octanol–water partition coefficient (Wildman–Crippen LogP) is 6.46. The molecular weight excluding hydrogens is 767 g/mol. The number of esters is 1. The van der Waals surface area contributed by atoms with Crippen LogP contribution in [0.1, 0.15) is 90.2 Å². The highest BCUT2D eigenvalue weighted by molar-refractivity contribution is 5.95. The van der Waals surface area contributed by atoms with Gasteiger partial charge in [-0.15, -0.1) is 0 Å². The van der Waals surface area contributed by atoms with Gasteiger partial charge in [0.2, 0.25) is 5.91 Å². The summed E-state index contributed by atoms with van der Waals surface area (Å²) in [6, 6.07) is 17.2. The molecule has 2 aromatic heterocycles. The number of likely N-dealkylation sites (tertiary alicyclic amines) is 1. The Morgan fingerprint density at radius 2 is 1.87 bits per heavy atom. The molecule has 2 amide bonds. The molecule has 0 aliphatic carbocycles. The number of hydrogen-bond acceptors (Lipinski definition) is 9. The first-order valence-corrected chi connectivity index (χ1v) is 22.5. The average molecular weight is 832 g/mol. The molecule has 5 atom stereocenters. The highest BCUT2D eigenvalue weighted by Gasteiger charge is 2.45. The molecule has 1 spiro atoms. The van der Waals surface area contributed by atoms with Crippen LogP contribution in [0.2, 0.25) is 0 Å². The summed E-state index contributed by atoms with van der Waals surface area (Å²) in [5, 5.41) is 9.47. The van der Waals surface area contributed by atoms with Crippen molar-refractivity contribution in [1.29, 1.82) is 0 Å². The standard InChI is InChI=1S/C49H65N7O5/c1-8-55-41-17-16-35-26-37(41)38(44(55)36-14-10-20-51-42(36)32(4)60-7)27-48(5,6)30-61-47(59)39-15-11-22-56(53-39)46(58)40(25-33-12-9-13-34(35)24-33)52-45(57)43(31(2)3)54-23-19-49(29-54)18-21-50-28-49/h9-10,12-14,16-17,20,24,26,31-32,39-40,43,50,53H,8,11,15,18-19,21-23,25,27-30H2,1-7H3,(H,52,57)/t32-,39-,40-,43-,49-/m0/s1. The van der Waals surface area contributed by atoms with Crippen LogP contribution in [0.4, 0.5) is 0 Å². The van der Waals surface area contributed by atoms with Gasteiger partial charge in [0, 0.05) is 67.8 Å². The molecule has 0 radical (unpaired) electrons. The summed E-state index contributed by atoms with van der Waals surface area (Å²) in [7, 11) is 1.71. The maximum absolute atomic E-state index is 14.7. The van der Waals surface area contributed by atoms with E-state index in [4.69, 9.17) is 14.5 Å². The van der Waals surface area contributed by atoms with Gasteiger partial charge in [0.15, 0.2) is 0 Å². The molecular formula is C49H65N7O5. The zero-order valence-electron chi connectivity index (χ0n) is 37.2. The number of nitrogens with one attached hydrogen (secondary N) is 3. The van der Waals surface area contributed by atoms with Gasteiger partial charge in [-0.3, -0.25) is 29.3 Å². The zero-order chi connectivity index (χ0) is 43.1. The summed E-state index contributed by atoms with van der Waals surface area (Å²) < 4.78 is 14.4. The fraction of sp³-hybridized carbons (Fsp3) is 0.551. The van der Waals surface area contributed by atoms with Crippen LogP contribution in [0.25, 0.3) is 33.3 Å². The van der Waals surface area contributed by atoms with Crippen LogP contribution in [0.15, 0.2) is 60.8 Å². The van der Waals surface area contributed by atoms with Crippen LogP contribution in [0, 0.1) is 16.7 Å². The number of methoxy groups -OCH3 is 1. The van der Waals surface area contributed by atoms with Gasteiger partial charge < -0.3 is 24.7 Å². The van der Waals surface area contributed by atoms with Crippen LogP contribution >= 0.6 is 0 Å². The van der Waals surface area contributed by atoms with E-state index in [-0.39, 0.29) is 47.9 Å². The Morgan fingerprint density at radius 3 is 2.62 bits per heavy atom. The Kier molecular flexibility index (Phi) is 12.4. The van der Waals surface area contributed by atoms with E-state index in [0.717, 1.165) is 95.7 Å². The van der Waals surface area contributed by atoms with Gasteiger partial charge in [-0.25, -0.2) is 5.43 Å². The Labute approximate surface area is 361 Å². The molecule has 326 valence electrons. The zero-order valence-corrected chi connectivity index (χ0v) is 37.2. The van der Waals surface area contributed by atoms with E-state index in [1.807, 2.05) is 31.3 Å². The minimum atomic E-state index is -0.854. The summed E-state index contributed by atoms with van der Waals surface area (Å²) in [5.74, 6) is -0.716. The first-order valence-electron chi connectivity index (χ1n) is 22.5. The number of hydrazine groups is 1. The highest BCUT2D eigenvalue weighted by atomic mass is 16.5. The molecule has 12 heteroatoms. The quantitative estimate of drug-likeness (QED) is 0.172. The second-order valence-electron chi connectivity index (χ2n) is 19.2. The second kappa shape index (κ2) is 17.6. The summed E-state index contributed by atoms with van der Waals surface area (Å²) in [4.78, 5) is 50.3. The van der Waals surface area contributed by atoms with Crippen molar-refractivity contribution >= 4 is 28.7 Å². The molecule has 4 aliphatic heterocycles. The van der Waals surface area contributed by atoms with Crippen LogP contribution in [-0.2, 0) is 43.2 Å². The molecule has 12 nitrogen and oxygen atoms in total. The van der Waals surface area contributed by atoms with Gasteiger partial charge in [-0.05, 0) is 117 Å². The lowest BCUT2D eigenvalue weighted by atomic mass is 9.84. The number of benzene rings is 2. The molecule has 2 aromatic carbocycles. The number of fused-ring (bicyclic) bond motifs is 6. The van der Waals surface area contributed by atoms with Crippen molar-refractivity contribution in [3.05, 3.63) is 77.6 Å². The number of cyclic esters (lactones) is 1. The summed E-state index contributed by atoms with van der Waals surface area (Å²) in [6.07, 6.45) is 5.88. The topological polar surface area (TPSA) is 130 Å². The van der Waals surface area contributed by atoms with Crippen LogP contribution < -0.4 is 16.1 Å². The van der Waals surface area contributed by atoms with E-state index >= 15 is 0 Å². The van der Waals surface area contributed by atoms with E-state index < -0.39 is 17.5 Å². The first kappa shape index (κ1) is 43.0. The van der Waals surface area contributed by atoms with E-state index in [2.05, 4.69) is 96.5 Å². The van der Waals surface area contributed by atoms with Gasteiger partial charge in [-0.2, -0.15) is 0 Å². The number of hydrogen-bond donors (Lipinski definition) is 3. The molecule has 3 saturated heterocycles. The SMILES string of the molecule is CCn1c(-c2cccnc2[C@H](C)OC)c2c3cc(ccc31)-c1cccc(c1)C[C@H](NC(=O)[C@H](C(C)C)N1CC[C@]3(CCNC3)C1)C(=O)N1CCC[C@H](N1)C(=O)OCC(C)(C)C2. The summed E-state index contributed by atoms with van der Waals surface area (Å²) in [6.45, 7) is 17.7. The second-order valence-corrected chi connectivity index (χ2v) is 19.2. The Morgan fingerprint density at radius 1 is 1.05 bits per heavy atom. The van der Waals surface area contributed by atoms with Crippen molar-refractivity contribution in [1.82, 2.24) is 35.5 Å². The maximum atomic E-state index is 14.7. The van der Waals surface area contributed by atoms with Crippen LogP contribution in [-0.4, -0.2) is 102 Å². The monoisotopic (exact) mass is 832 g/mol. The molecule has 3 N–H and O–H groups in total. The number of amides is 2. The summed E-state index contributed by atoms with van der Waals surface area (Å²) in [5.41, 5.74) is 11.3. The fourth-order valence-electron chi connectivity index (χ4n) is 10.5. The van der Waals surface area contributed by atoms with Crippen molar-refractivity contribution in [3.8, 4) is 22.4 Å². The fourth-order valence-corrected chi connectivity index (χ4v) is 10.5. The lowest BCUT2D eigenvalue weighted by Crippen LogP contribution is -2.62. The Balaban J connectivity index is 1.21. The molecule has 8 rings (SSSR count). The molecule has 6 bridgehead atoms. The molecule has 4 aliphatic rings. The minimum Gasteiger partial charge on any atom is -0.464 e. The molecule has 0 unspecified atom stereocenters. The van der Waals surface area contributed by atoms with Crippen molar-refractivity contribution in [2.45, 2.75) is 111 Å². The van der Waals surface area contributed by atoms with Crippen molar-refractivity contribution in [2.24, 2.45) is 16.7 Å². The molecule has 3 fully saturated rings. The number of carbonyl (C=O) groups is 3. The normalized spacial score (nSPS) is 24.6. The van der Waals surface area contributed by atoms with Gasteiger partial charge in [0.05, 0.1) is 30.1 Å². The number of aryl methyl sites for hydroxylation is 1. The van der Waals surface area contributed by atoms with Crippen molar-refractivity contribution in [2.75, 3.05) is 46.4 Å². The number of pyridine rings is 1. The Bertz CT molecular complexity index is 2260. The smallest absolute Gasteiger partial charge is 0.324 e. The third-order valence-electron chi connectivity index (χ3n) is 13.7. The predicted molar refractivity (Wildman–Crippen MR) is 238 cm³/mol. The van der Waals surface area contributed by atoms with Gasteiger partial charge in [0.1, 0.15) is 12.1 Å². The lowest BCUT2D eigenvalue weighted by molar-refractivity contribution is -0.155. The van der Waals surface area contributed by atoms with E-state index in [9.17, 15) is 14.4 Å². The largest absolute Gasteiger partial charge is 0.464 e. The third-order valence-corrected chi connectivity index (χ3v) is 13.7. The van der Waals surface area contributed by atoms with Gasteiger partial charge in [-0.1, -0.05) is 58.0 Å². The highest BCUT2D eigenvalue weighted by Crippen LogP contribution is 2.42. The van der Waals surface area contributed by atoms with Crippen molar-refractivity contribution < 1.29 is 23.9 Å². The van der Waals surface area contributed by atoms with Crippen LogP contribution in [0.3, 0.4) is 0 Å². The molecule has 0 saturated carbocycles. The van der Waals surface area contributed by atoms with E-state index in [1.54, 1.807) is 12.1 Å². The third kappa shape index (κ3) is 8.74. The number of ether oxygens (including phenoxy) is 2. The number of rotatable bonds is 8. The number of aromatic nitrogens is 2. The average Bonchev–Trinajstić information content (AvgIpc) is 3.98. The van der Waals surface area contributed by atoms with Gasteiger partial charge >= 0.3 is 5.97 Å². The number of nitrogens with zero attached hydrogens (tertiary/aromatic N) is 4. The van der Waals surface area contributed by atoms with Crippen LogP contribution in [0.5, 0.6) is 0 Å². The molecule has 4 aromatic rings. The first-order chi connectivity index (χ1) is 29.3. The Hall–Kier alpha value is -4.62. The molecule has 6 heterocycles. The van der Waals surface area contributed by atoms with E-state index in [0.29, 0.717) is 32.2 Å². The maximum Gasteiger partial charge on any atom is 0.324 e. The van der Waals surface area contributed by atoms with E-state index in [1.165, 1.54) is 0 Å². The summed E-state index contributed by atoms with van der Waals surface area (Å²) >= 11 is 0. The van der Waals surface area contributed by atoms with Crippen molar-refractivity contribution in [3.63, 3.8) is 0 Å². The lowest BCUT2D eigenvalue weighted by Gasteiger charge is -2.37. The number of carbonyl (C=O) groups excluding carboxylic acids is 3. The molecule has 61 heavy (non-hydrogen) atoms. The minimum absolute atomic E-state index is 0.0506. The van der Waals surface area contributed by atoms with Gasteiger partial charge in [0.25, 0.3) is 5.91 Å².